The Kier molecular flexibility index (Phi) is 4.12. The molecule has 0 bridgehead atoms. The van der Waals surface area contributed by atoms with E-state index >= 15 is 0 Å². The maximum Gasteiger partial charge on any atom is 0.422 e. The van der Waals surface area contributed by atoms with Crippen molar-refractivity contribution in [2.45, 2.75) is 17.5 Å². The molecule has 1 heterocycles. The number of rotatable bonds is 4. The Bertz CT molecular complexity index is 524. The van der Waals surface area contributed by atoms with E-state index in [0.717, 1.165) is 0 Å². The molecule has 0 spiro atoms. The third kappa shape index (κ3) is 3.74. The molecule has 0 saturated heterocycles. The van der Waals surface area contributed by atoms with Crippen LogP contribution < -0.4 is 9.88 Å². The van der Waals surface area contributed by atoms with Gasteiger partial charge in [-0.3, -0.25) is 0 Å². The van der Waals surface area contributed by atoms with E-state index in [0.29, 0.717) is 0 Å². The molecule has 0 aliphatic rings. The summed E-state index contributed by atoms with van der Waals surface area (Å²) in [6.07, 6.45) is -8.04. The zero-order chi connectivity index (χ0) is 14.1. The largest absolute Gasteiger partial charge is 0.472 e. The number of nitrogens with zero attached hydrogens (tertiary/aromatic N) is 1. The van der Waals surface area contributed by atoms with Crippen molar-refractivity contribution in [3.63, 3.8) is 0 Å². The van der Waals surface area contributed by atoms with Crippen LogP contribution in [0.25, 0.3) is 0 Å². The number of alkyl halides is 5. The Hall–Kier alpha value is -1.01. The molecule has 5 nitrogen and oxygen atoms in total. The number of sulfonamides is 1. The number of halogens is 5. The predicted molar refractivity (Wildman–Crippen MR) is 50.0 cm³/mol. The second kappa shape index (κ2) is 4.93. The SMILES string of the molecule is NS(=O)(=O)c1c(C(F)F)nsc1OCC(F)(F)F. The predicted octanol–water partition coefficient (Wildman–Crippen LogP) is 1.67. The number of primary sulfonamides is 1. The normalized spacial score (nSPS) is 13.1. The van der Waals surface area contributed by atoms with E-state index in [4.69, 9.17) is 0 Å². The first-order valence-electron chi connectivity index (χ1n) is 4.02. The fourth-order valence-electron chi connectivity index (χ4n) is 0.918. The quantitative estimate of drug-likeness (QED) is 0.857. The Morgan fingerprint density at radius 1 is 1.39 bits per heavy atom. The van der Waals surface area contributed by atoms with Crippen molar-refractivity contribution in [1.82, 2.24) is 4.37 Å². The third-order valence-electron chi connectivity index (χ3n) is 1.50. The second-order valence-corrected chi connectivity index (χ2v) is 5.17. The highest BCUT2D eigenvalue weighted by Gasteiger charge is 2.33. The molecule has 0 amide bonds. The van der Waals surface area contributed by atoms with Crippen LogP contribution in [0.4, 0.5) is 22.0 Å². The van der Waals surface area contributed by atoms with Crippen LogP contribution in [0.1, 0.15) is 12.1 Å². The lowest BCUT2D eigenvalue weighted by Gasteiger charge is -2.08. The van der Waals surface area contributed by atoms with Gasteiger partial charge in [0.15, 0.2) is 11.5 Å². The summed E-state index contributed by atoms with van der Waals surface area (Å²) < 4.78 is 89.5. The maximum atomic E-state index is 12.4. The summed E-state index contributed by atoms with van der Waals surface area (Å²) >= 11 is 0.0607. The van der Waals surface area contributed by atoms with E-state index in [-0.39, 0.29) is 11.5 Å². The number of hydrogen-bond donors (Lipinski definition) is 1. The zero-order valence-electron chi connectivity index (χ0n) is 8.24. The molecule has 0 radical (unpaired) electrons. The van der Waals surface area contributed by atoms with E-state index in [1.165, 1.54) is 0 Å². The topological polar surface area (TPSA) is 82.3 Å². The Labute approximate surface area is 102 Å². The summed E-state index contributed by atoms with van der Waals surface area (Å²) in [5.74, 6) is 0. The van der Waals surface area contributed by atoms with Gasteiger partial charge in [0.1, 0.15) is 5.69 Å². The van der Waals surface area contributed by atoms with Crippen molar-refractivity contribution in [2.75, 3.05) is 6.61 Å². The molecule has 0 aliphatic heterocycles. The molecule has 0 saturated carbocycles. The van der Waals surface area contributed by atoms with Crippen molar-refractivity contribution in [3.05, 3.63) is 5.69 Å². The van der Waals surface area contributed by atoms with Crippen molar-refractivity contribution in [2.24, 2.45) is 5.14 Å². The fraction of sp³-hybridized carbons (Fsp3) is 0.500. The Morgan fingerprint density at radius 2 is 1.94 bits per heavy atom. The summed E-state index contributed by atoms with van der Waals surface area (Å²) in [4.78, 5) is -1.22. The minimum Gasteiger partial charge on any atom is -0.472 e. The summed E-state index contributed by atoms with van der Waals surface area (Å²) in [5.41, 5.74) is -1.22. The number of nitrogens with two attached hydrogens (primary N) is 1. The number of hydrogen-bond acceptors (Lipinski definition) is 5. The second-order valence-electron chi connectivity index (χ2n) is 2.93. The molecule has 1 rings (SSSR count). The van der Waals surface area contributed by atoms with E-state index in [1.807, 2.05) is 0 Å². The number of aromatic nitrogens is 1. The van der Waals surface area contributed by atoms with Gasteiger partial charge in [-0.15, -0.1) is 0 Å². The van der Waals surface area contributed by atoms with E-state index < -0.39 is 44.9 Å². The molecule has 0 aromatic carbocycles. The van der Waals surface area contributed by atoms with Gasteiger partial charge in [0.25, 0.3) is 6.43 Å². The molecule has 18 heavy (non-hydrogen) atoms. The smallest absolute Gasteiger partial charge is 0.422 e. The van der Waals surface area contributed by atoms with Gasteiger partial charge >= 0.3 is 6.18 Å². The van der Waals surface area contributed by atoms with Crippen molar-refractivity contribution < 1.29 is 35.1 Å². The lowest BCUT2D eigenvalue weighted by Crippen LogP contribution is -2.21. The van der Waals surface area contributed by atoms with Crippen molar-refractivity contribution in [1.29, 1.82) is 0 Å². The van der Waals surface area contributed by atoms with Crippen LogP contribution in [0.3, 0.4) is 0 Å². The minimum absolute atomic E-state index is 0.0607. The van der Waals surface area contributed by atoms with Crippen LogP contribution in [0, 0.1) is 0 Å². The molecule has 1 aromatic rings. The average molecular weight is 312 g/mol. The maximum absolute atomic E-state index is 12.4. The van der Waals surface area contributed by atoms with Gasteiger partial charge in [0.2, 0.25) is 15.1 Å². The fourth-order valence-corrected chi connectivity index (χ4v) is 2.81. The lowest BCUT2D eigenvalue weighted by atomic mass is 10.4. The first-order chi connectivity index (χ1) is 8.02. The first kappa shape index (κ1) is 15.0. The van der Waals surface area contributed by atoms with Gasteiger partial charge in [-0.2, -0.15) is 17.5 Å². The van der Waals surface area contributed by atoms with E-state index in [1.54, 1.807) is 0 Å². The van der Waals surface area contributed by atoms with Gasteiger partial charge < -0.3 is 4.74 Å². The molecule has 2 N–H and O–H groups in total. The summed E-state index contributed by atoms with van der Waals surface area (Å²) in [5, 5.41) is 3.71. The van der Waals surface area contributed by atoms with Gasteiger partial charge in [-0.05, 0) is 0 Å². The van der Waals surface area contributed by atoms with E-state index in [2.05, 4.69) is 14.2 Å². The molecule has 104 valence electrons. The average Bonchev–Trinajstić information content (AvgIpc) is 2.56. The molecule has 1 aromatic heterocycles. The highest BCUT2D eigenvalue weighted by atomic mass is 32.2. The molecule has 0 fully saturated rings. The van der Waals surface area contributed by atoms with Crippen molar-refractivity contribution >= 4 is 21.6 Å². The van der Waals surface area contributed by atoms with Crippen LogP contribution >= 0.6 is 11.5 Å². The highest BCUT2D eigenvalue weighted by Crippen LogP contribution is 2.36. The van der Waals surface area contributed by atoms with Crippen molar-refractivity contribution in [3.8, 4) is 5.06 Å². The standard InChI is InChI=1S/C6H5F5N2O3S2/c7-4(8)2-3(18(12,14)15)5(17-13-2)16-1-6(9,10)11/h4H,1H2,(H2,12,14,15). The van der Waals surface area contributed by atoms with Gasteiger partial charge in [0, 0.05) is 11.5 Å². The molecular weight excluding hydrogens is 307 g/mol. The number of ether oxygens (including phenoxy) is 1. The molecule has 0 unspecified atom stereocenters. The van der Waals surface area contributed by atoms with Crippen LogP contribution in [0.5, 0.6) is 5.06 Å². The van der Waals surface area contributed by atoms with Crippen LogP contribution in [-0.2, 0) is 10.0 Å². The molecule has 0 atom stereocenters. The first-order valence-corrected chi connectivity index (χ1v) is 6.34. The monoisotopic (exact) mass is 312 g/mol. The minimum atomic E-state index is -4.75. The summed E-state index contributed by atoms with van der Waals surface area (Å²) in [7, 11) is -4.66. The zero-order valence-corrected chi connectivity index (χ0v) is 9.87. The van der Waals surface area contributed by atoms with Gasteiger partial charge in [-0.25, -0.2) is 22.3 Å². The Morgan fingerprint density at radius 3 is 2.33 bits per heavy atom. The summed E-state index contributed by atoms with van der Waals surface area (Å²) in [6.45, 7) is -1.83. The lowest BCUT2D eigenvalue weighted by molar-refractivity contribution is -0.153. The highest BCUT2D eigenvalue weighted by molar-refractivity contribution is 7.89. The van der Waals surface area contributed by atoms with Gasteiger partial charge in [-0.1, -0.05) is 0 Å². The van der Waals surface area contributed by atoms with Crippen LogP contribution in [-0.4, -0.2) is 25.6 Å². The van der Waals surface area contributed by atoms with Crippen LogP contribution in [0.2, 0.25) is 0 Å². The van der Waals surface area contributed by atoms with Crippen LogP contribution in [0.15, 0.2) is 4.90 Å². The third-order valence-corrected chi connectivity index (χ3v) is 3.37. The van der Waals surface area contributed by atoms with E-state index in [9.17, 15) is 30.4 Å². The molecular formula is C6H5F5N2O3S2. The Balaban J connectivity index is 3.14. The molecule has 12 heteroatoms. The summed E-state index contributed by atoms with van der Waals surface area (Å²) in [6, 6.07) is 0. The van der Waals surface area contributed by atoms with Gasteiger partial charge in [0.05, 0.1) is 0 Å². The molecule has 0 aliphatic carbocycles.